The molecule has 2 aliphatic rings. The summed E-state index contributed by atoms with van der Waals surface area (Å²) in [7, 11) is 0. The molecule has 0 unspecified atom stereocenters. The maximum Gasteiger partial charge on any atom is 0.270 e. The first-order valence-corrected chi connectivity index (χ1v) is 8.84. The molecule has 1 saturated heterocycles. The predicted octanol–water partition coefficient (Wildman–Crippen LogP) is 4.12. The molecule has 2 heterocycles. The SMILES string of the molecule is O=C1C(=CC2=Cc3ccccc3OC2)SC(=S)N1c1ccc(O)cc1. The van der Waals surface area contributed by atoms with Crippen LogP contribution in [0.25, 0.3) is 6.08 Å². The topological polar surface area (TPSA) is 49.8 Å². The van der Waals surface area contributed by atoms with Crippen molar-refractivity contribution in [3.05, 3.63) is 70.6 Å². The van der Waals surface area contributed by atoms with E-state index in [1.165, 1.54) is 28.8 Å². The molecular formula is C19H13NO3S2. The molecule has 0 aromatic heterocycles. The Hall–Kier alpha value is -2.57. The van der Waals surface area contributed by atoms with Crippen LogP contribution in [0.2, 0.25) is 0 Å². The fourth-order valence-electron chi connectivity index (χ4n) is 2.68. The summed E-state index contributed by atoms with van der Waals surface area (Å²) in [5, 5.41) is 9.41. The quantitative estimate of drug-likeness (QED) is 0.639. The van der Waals surface area contributed by atoms with Crippen molar-refractivity contribution < 1.29 is 14.6 Å². The molecule has 0 aliphatic carbocycles. The number of hydrogen-bond acceptors (Lipinski definition) is 5. The van der Waals surface area contributed by atoms with Gasteiger partial charge in [-0.15, -0.1) is 0 Å². The Morgan fingerprint density at radius 1 is 1.16 bits per heavy atom. The van der Waals surface area contributed by atoms with Crippen LogP contribution in [0.15, 0.2) is 65.1 Å². The zero-order valence-electron chi connectivity index (χ0n) is 13.0. The van der Waals surface area contributed by atoms with E-state index in [4.69, 9.17) is 17.0 Å². The minimum atomic E-state index is -0.166. The number of fused-ring (bicyclic) bond motifs is 1. The molecule has 2 aliphatic heterocycles. The minimum absolute atomic E-state index is 0.146. The van der Waals surface area contributed by atoms with E-state index in [-0.39, 0.29) is 11.7 Å². The average Bonchev–Trinajstić information content (AvgIpc) is 2.89. The van der Waals surface area contributed by atoms with E-state index < -0.39 is 0 Å². The number of thioether (sulfide) groups is 1. The molecule has 0 saturated carbocycles. The highest BCUT2D eigenvalue weighted by atomic mass is 32.2. The first-order valence-electron chi connectivity index (χ1n) is 7.61. The van der Waals surface area contributed by atoms with Crippen molar-refractivity contribution in [3.63, 3.8) is 0 Å². The number of carbonyl (C=O) groups excluding carboxylic acids is 1. The van der Waals surface area contributed by atoms with Crippen molar-refractivity contribution in [1.82, 2.24) is 0 Å². The number of hydrogen-bond donors (Lipinski definition) is 1. The first-order chi connectivity index (χ1) is 12.1. The minimum Gasteiger partial charge on any atom is -0.508 e. The van der Waals surface area contributed by atoms with Crippen molar-refractivity contribution in [2.75, 3.05) is 11.5 Å². The van der Waals surface area contributed by atoms with Gasteiger partial charge < -0.3 is 9.84 Å². The van der Waals surface area contributed by atoms with E-state index in [2.05, 4.69) is 0 Å². The highest BCUT2D eigenvalue weighted by Gasteiger charge is 2.33. The van der Waals surface area contributed by atoms with E-state index in [1.807, 2.05) is 36.4 Å². The zero-order chi connectivity index (χ0) is 17.4. The summed E-state index contributed by atoms with van der Waals surface area (Å²) in [5.41, 5.74) is 2.56. The highest BCUT2D eigenvalue weighted by molar-refractivity contribution is 8.27. The lowest BCUT2D eigenvalue weighted by Crippen LogP contribution is -2.27. The van der Waals surface area contributed by atoms with Gasteiger partial charge in [0.2, 0.25) is 0 Å². The lowest BCUT2D eigenvalue weighted by atomic mass is 10.1. The Bertz CT molecular complexity index is 932. The summed E-state index contributed by atoms with van der Waals surface area (Å²) in [4.78, 5) is 14.8. The van der Waals surface area contributed by atoms with Gasteiger partial charge in [0.25, 0.3) is 5.91 Å². The molecule has 2 aromatic rings. The third-order valence-electron chi connectivity index (χ3n) is 3.87. The molecule has 0 spiro atoms. The number of anilines is 1. The number of ether oxygens (including phenoxy) is 1. The molecule has 1 amide bonds. The predicted molar refractivity (Wildman–Crippen MR) is 104 cm³/mol. The Balaban J connectivity index is 1.63. The van der Waals surface area contributed by atoms with Crippen LogP contribution in [0.3, 0.4) is 0 Å². The molecule has 2 aromatic carbocycles. The first kappa shape index (κ1) is 15.9. The van der Waals surface area contributed by atoms with Crippen molar-refractivity contribution in [2.45, 2.75) is 0 Å². The number of thiocarbonyl (C=S) groups is 1. The largest absolute Gasteiger partial charge is 0.508 e. The summed E-state index contributed by atoms with van der Waals surface area (Å²) < 4.78 is 6.20. The van der Waals surface area contributed by atoms with Crippen LogP contribution in [0.1, 0.15) is 5.56 Å². The molecule has 0 atom stereocenters. The highest BCUT2D eigenvalue weighted by Crippen LogP contribution is 2.37. The smallest absolute Gasteiger partial charge is 0.270 e. The zero-order valence-corrected chi connectivity index (χ0v) is 14.6. The standard InChI is InChI=1S/C19H13NO3S2/c21-15-7-5-14(6-8-15)20-18(22)17(25-19(20)24)10-12-9-13-3-1-2-4-16(13)23-11-12/h1-10,21H,11H2. The third-order valence-corrected chi connectivity index (χ3v) is 5.17. The second kappa shape index (κ2) is 6.38. The summed E-state index contributed by atoms with van der Waals surface area (Å²) in [6.45, 7) is 0.417. The molecule has 4 nitrogen and oxygen atoms in total. The van der Waals surface area contributed by atoms with Crippen molar-refractivity contribution in [1.29, 1.82) is 0 Å². The van der Waals surface area contributed by atoms with Crippen molar-refractivity contribution in [3.8, 4) is 11.5 Å². The van der Waals surface area contributed by atoms with Gasteiger partial charge in [-0.3, -0.25) is 9.69 Å². The van der Waals surface area contributed by atoms with Gasteiger partial charge in [-0.2, -0.15) is 0 Å². The number of amides is 1. The maximum atomic E-state index is 12.7. The number of para-hydroxylation sites is 1. The molecule has 124 valence electrons. The fourth-order valence-corrected chi connectivity index (χ4v) is 3.99. The van der Waals surface area contributed by atoms with Crippen LogP contribution in [0, 0.1) is 0 Å². The van der Waals surface area contributed by atoms with Crippen LogP contribution in [-0.4, -0.2) is 21.9 Å². The Labute approximate surface area is 154 Å². The van der Waals surface area contributed by atoms with Gasteiger partial charge in [-0.1, -0.05) is 42.2 Å². The van der Waals surface area contributed by atoms with E-state index in [1.54, 1.807) is 12.1 Å². The molecule has 1 N–H and O–H groups in total. The Morgan fingerprint density at radius 2 is 1.92 bits per heavy atom. The van der Waals surface area contributed by atoms with Gasteiger partial charge in [0.05, 0.1) is 10.6 Å². The average molecular weight is 367 g/mol. The Morgan fingerprint density at radius 3 is 2.72 bits per heavy atom. The number of nitrogens with zero attached hydrogens (tertiary/aromatic N) is 1. The van der Waals surface area contributed by atoms with Crippen LogP contribution >= 0.6 is 24.0 Å². The number of phenols is 1. The summed E-state index contributed by atoms with van der Waals surface area (Å²) in [5.74, 6) is 0.824. The number of carbonyl (C=O) groups is 1. The summed E-state index contributed by atoms with van der Waals surface area (Å²) >= 11 is 6.62. The maximum absolute atomic E-state index is 12.7. The van der Waals surface area contributed by atoms with Gasteiger partial charge in [0, 0.05) is 5.56 Å². The second-order valence-corrected chi connectivity index (χ2v) is 7.26. The van der Waals surface area contributed by atoms with Crippen LogP contribution in [0.5, 0.6) is 11.5 Å². The summed E-state index contributed by atoms with van der Waals surface area (Å²) in [6, 6.07) is 14.2. The lowest BCUT2D eigenvalue weighted by molar-refractivity contribution is -0.113. The van der Waals surface area contributed by atoms with Crippen LogP contribution in [-0.2, 0) is 4.79 Å². The molecule has 6 heteroatoms. The third kappa shape index (κ3) is 3.06. The normalized spacial score (nSPS) is 18.2. The second-order valence-electron chi connectivity index (χ2n) is 5.58. The van der Waals surface area contributed by atoms with E-state index in [0.717, 1.165) is 16.9 Å². The van der Waals surface area contributed by atoms with Crippen LogP contribution in [0.4, 0.5) is 5.69 Å². The molecule has 0 radical (unpaired) electrons. The van der Waals surface area contributed by atoms with Gasteiger partial charge in [-0.05, 0) is 48.1 Å². The number of benzene rings is 2. The van der Waals surface area contributed by atoms with E-state index in [0.29, 0.717) is 21.5 Å². The molecule has 4 rings (SSSR count). The van der Waals surface area contributed by atoms with Gasteiger partial charge >= 0.3 is 0 Å². The Kier molecular flexibility index (Phi) is 4.07. The monoisotopic (exact) mass is 367 g/mol. The van der Waals surface area contributed by atoms with E-state index >= 15 is 0 Å². The van der Waals surface area contributed by atoms with Gasteiger partial charge in [0.15, 0.2) is 4.32 Å². The number of phenolic OH excluding ortho intramolecular Hbond substituents is 1. The molecular weight excluding hydrogens is 354 g/mol. The van der Waals surface area contributed by atoms with Gasteiger partial charge in [-0.25, -0.2) is 0 Å². The number of aromatic hydroxyl groups is 1. The molecule has 25 heavy (non-hydrogen) atoms. The molecule has 0 bridgehead atoms. The number of rotatable bonds is 2. The van der Waals surface area contributed by atoms with Crippen molar-refractivity contribution >= 4 is 46.0 Å². The van der Waals surface area contributed by atoms with Gasteiger partial charge in [0.1, 0.15) is 18.1 Å². The van der Waals surface area contributed by atoms with Crippen molar-refractivity contribution in [2.24, 2.45) is 0 Å². The molecule has 1 fully saturated rings. The van der Waals surface area contributed by atoms with Crippen LogP contribution < -0.4 is 9.64 Å². The fraction of sp³-hybridized carbons (Fsp3) is 0.0526. The summed E-state index contributed by atoms with van der Waals surface area (Å²) in [6.07, 6.45) is 3.85. The van der Waals surface area contributed by atoms with E-state index in [9.17, 15) is 9.90 Å². The lowest BCUT2D eigenvalue weighted by Gasteiger charge is -2.16.